The molecule has 1 aliphatic carbocycles. The van der Waals surface area contributed by atoms with E-state index in [1.807, 2.05) is 17.4 Å². The van der Waals surface area contributed by atoms with Crippen LogP contribution in [-0.4, -0.2) is 26.6 Å². The van der Waals surface area contributed by atoms with Crippen molar-refractivity contribution in [2.75, 3.05) is 0 Å². The Balaban J connectivity index is 0.000000376. The second-order valence-electron chi connectivity index (χ2n) is 11.1. The van der Waals surface area contributed by atoms with E-state index in [1.165, 1.54) is 0 Å². The van der Waals surface area contributed by atoms with Gasteiger partial charge in [0.1, 0.15) is 0 Å². The molecule has 0 amide bonds. The Morgan fingerprint density at radius 1 is 0.750 bits per heavy atom. The van der Waals surface area contributed by atoms with Crippen LogP contribution < -0.4 is 24.8 Å². The first kappa shape index (κ1) is 38.7. The van der Waals surface area contributed by atoms with Gasteiger partial charge in [-0.25, -0.2) is 0 Å². The molecule has 3 aromatic carbocycles. The third kappa shape index (κ3) is 5.69. The molecule has 0 saturated heterocycles. The summed E-state index contributed by atoms with van der Waals surface area (Å²) < 4.78 is 119. The second kappa shape index (κ2) is 12.6. The van der Waals surface area contributed by atoms with Crippen molar-refractivity contribution in [1.82, 2.24) is 0 Å². The average Bonchev–Trinajstić information content (AvgIpc) is 3.53. The molecule has 1 unspecified atom stereocenters. The Morgan fingerprint density at radius 3 is 1.77 bits per heavy atom. The van der Waals surface area contributed by atoms with Gasteiger partial charge in [-0.3, -0.25) is 0 Å². The Hall–Kier alpha value is -1.46. The first-order valence-electron chi connectivity index (χ1n) is 12.6. The topological polar surface area (TPSA) is 0 Å². The smallest absolute Gasteiger partial charge is 1.00 e. The predicted octanol–water partition coefficient (Wildman–Crippen LogP) is 4.88. The second-order valence-corrected chi connectivity index (χ2v) is 16.4. The van der Waals surface area contributed by atoms with Crippen LogP contribution in [0.2, 0.25) is 13.1 Å². The summed E-state index contributed by atoms with van der Waals surface area (Å²) >= 11 is 1.87. The predicted molar refractivity (Wildman–Crippen MR) is 147 cm³/mol. The molecule has 14 heteroatoms. The van der Waals surface area contributed by atoms with Crippen LogP contribution >= 0.6 is 11.3 Å². The number of benzene rings is 2. The van der Waals surface area contributed by atoms with Gasteiger partial charge in [0.2, 0.25) is 0 Å². The third-order valence-corrected chi connectivity index (χ3v) is 13.2. The molecule has 2 aliphatic heterocycles. The van der Waals surface area contributed by atoms with Crippen LogP contribution in [0.4, 0.5) is 39.5 Å². The maximum absolute atomic E-state index is 13.2. The van der Waals surface area contributed by atoms with Crippen LogP contribution in [0.5, 0.6) is 0 Å². The molecule has 1 atom stereocenters. The maximum atomic E-state index is 13.2. The summed E-state index contributed by atoms with van der Waals surface area (Å²) in [5.41, 5.74) is -0.506. The molecule has 0 N–H and O–H groups in total. The van der Waals surface area contributed by atoms with Crippen molar-refractivity contribution in [2.24, 2.45) is 0 Å². The standard InChI is InChI=1S/C20H12F9.C10H12SSi.2ClH.Zr/c1-11-9-13-3-2-4-15(16(13)10-11)12-5-7-14(8-6-12)17(18(21,22)23,19(24,25)26)20(27,28)29;1-6-9-7-4-11-5-8(7)10(6)12(9,2)3;;;/h2-10H,1H3;4-5,9H,1-3H3;2*1H;/q-1;;;;+3/p-2. The average molecular weight is 778 g/mol. The quantitative estimate of drug-likeness (QED) is 0.155. The summed E-state index contributed by atoms with van der Waals surface area (Å²) in [5, 5.41) is 7.95. The van der Waals surface area contributed by atoms with E-state index in [1.54, 1.807) is 53.1 Å². The number of alkyl halides is 9. The normalized spacial score (nSPS) is 17.0. The van der Waals surface area contributed by atoms with E-state index in [0.29, 0.717) is 10.9 Å². The number of allylic oxidation sites excluding steroid dienone is 1. The Morgan fingerprint density at radius 2 is 1.30 bits per heavy atom. The van der Waals surface area contributed by atoms with Crippen molar-refractivity contribution in [1.29, 1.82) is 0 Å². The maximum Gasteiger partial charge on any atom is 3.00 e. The van der Waals surface area contributed by atoms with Gasteiger partial charge in [-0.1, -0.05) is 66.7 Å². The van der Waals surface area contributed by atoms with Crippen LogP contribution in [0.1, 0.15) is 34.7 Å². The summed E-state index contributed by atoms with van der Waals surface area (Å²) in [5.74, 6) is 0. The Bertz CT molecular complexity index is 1630. The van der Waals surface area contributed by atoms with Crippen LogP contribution in [0.3, 0.4) is 0 Å². The monoisotopic (exact) mass is 775 g/mol. The van der Waals surface area contributed by atoms with Crippen molar-refractivity contribution in [3.63, 3.8) is 0 Å². The van der Waals surface area contributed by atoms with E-state index >= 15 is 0 Å². The zero-order valence-corrected chi connectivity index (χ0v) is 29.3. The third-order valence-electron chi connectivity index (χ3n) is 8.27. The molecule has 3 heterocycles. The van der Waals surface area contributed by atoms with Gasteiger partial charge >= 0.3 is 44.7 Å². The van der Waals surface area contributed by atoms with Crippen molar-refractivity contribution in [3.05, 3.63) is 93.2 Å². The van der Waals surface area contributed by atoms with E-state index in [4.69, 9.17) is 0 Å². The molecule has 3 aliphatic rings. The van der Waals surface area contributed by atoms with Crippen LogP contribution in [0.15, 0.2) is 70.9 Å². The van der Waals surface area contributed by atoms with Crippen molar-refractivity contribution < 1.29 is 90.5 Å². The van der Waals surface area contributed by atoms with Crippen LogP contribution in [-0.2, 0) is 31.6 Å². The largest absolute Gasteiger partial charge is 3.00 e. The first-order valence-corrected chi connectivity index (χ1v) is 16.6. The fourth-order valence-corrected chi connectivity index (χ4v) is 12.2. The summed E-state index contributed by atoms with van der Waals surface area (Å²) in [6.07, 6.45) is -19.9. The molecular formula is C30H24Cl2F9SSiZr. The molecule has 1 aromatic heterocycles. The molecule has 0 spiro atoms. The molecule has 44 heavy (non-hydrogen) atoms. The first-order chi connectivity index (χ1) is 18.8. The van der Waals surface area contributed by atoms with Crippen molar-refractivity contribution in [2.45, 2.75) is 56.4 Å². The van der Waals surface area contributed by atoms with E-state index in [9.17, 15) is 39.5 Å². The summed E-state index contributed by atoms with van der Waals surface area (Å²) in [6.45, 7) is 9.13. The van der Waals surface area contributed by atoms with Crippen LogP contribution in [0, 0.1) is 6.92 Å². The van der Waals surface area contributed by atoms with Gasteiger partial charge in [0, 0.05) is 5.54 Å². The number of aryl methyl sites for hydroxylation is 1. The molecule has 1 radical (unpaired) electrons. The summed E-state index contributed by atoms with van der Waals surface area (Å²) in [4.78, 5) is 0. The number of fused-ring (bicyclic) bond motifs is 1. The molecule has 2 bridgehead atoms. The summed E-state index contributed by atoms with van der Waals surface area (Å²) in [7, 11) is -0.976. The van der Waals surface area contributed by atoms with E-state index in [2.05, 4.69) is 30.8 Å². The van der Waals surface area contributed by atoms with Gasteiger partial charge in [0.05, 0.1) is 8.07 Å². The SMILES string of the molecule is CC1=C2c3cscc3C1[Si]2(C)C.Cc1cc2c(-c3ccc(C(C(F)(F)F)(C(F)(F)F)C(F)(F)F)cc3)cccc2[cH-]1.[Cl-].[Cl-].[Zr+3]. The number of hydrogen-bond acceptors (Lipinski definition) is 1. The number of thiophene rings is 1. The van der Waals surface area contributed by atoms with Crippen molar-refractivity contribution >= 4 is 35.4 Å². The zero-order chi connectivity index (χ0) is 30.3. The molecule has 235 valence electrons. The minimum absolute atomic E-state index is 0. The number of hydrogen-bond donors (Lipinski definition) is 0. The summed E-state index contributed by atoms with van der Waals surface area (Å²) in [6, 6.07) is 10.7. The Kier molecular flexibility index (Phi) is 11.1. The molecule has 0 saturated carbocycles. The van der Waals surface area contributed by atoms with Gasteiger partial charge in [-0.05, 0) is 39.9 Å². The fourth-order valence-electron chi connectivity index (χ4n) is 6.68. The minimum Gasteiger partial charge on any atom is -1.00 e. The van der Waals surface area contributed by atoms with Crippen molar-refractivity contribution in [3.8, 4) is 11.1 Å². The van der Waals surface area contributed by atoms with Gasteiger partial charge in [-0.15, -0.1) is 34.5 Å². The van der Waals surface area contributed by atoms with Gasteiger partial charge in [0.15, 0.2) is 0 Å². The van der Waals surface area contributed by atoms with E-state index in [-0.39, 0.29) is 68.7 Å². The van der Waals surface area contributed by atoms with E-state index in [0.717, 1.165) is 28.6 Å². The molecule has 4 aromatic rings. The number of halogens is 11. The van der Waals surface area contributed by atoms with Gasteiger partial charge < -0.3 is 24.8 Å². The minimum atomic E-state index is -6.63. The molecule has 0 nitrogen and oxygen atoms in total. The zero-order valence-electron chi connectivity index (χ0n) is 23.5. The van der Waals surface area contributed by atoms with Crippen LogP contribution in [0.25, 0.3) is 27.1 Å². The number of rotatable bonds is 2. The molecule has 7 rings (SSSR count). The molecular weight excluding hydrogens is 754 g/mol. The van der Waals surface area contributed by atoms with E-state index < -0.39 is 37.6 Å². The Labute approximate surface area is 285 Å². The molecule has 0 fully saturated rings. The fraction of sp³-hybridized carbons (Fsp3) is 0.300. The van der Waals surface area contributed by atoms with Gasteiger partial charge in [-0.2, -0.15) is 56.9 Å². The van der Waals surface area contributed by atoms with Gasteiger partial charge in [0.25, 0.3) is 5.41 Å².